The maximum Gasteiger partial charge on any atom is 0.252 e. The molecule has 3 heteroatoms. The summed E-state index contributed by atoms with van der Waals surface area (Å²) in [4.78, 5) is 11.3. The molecule has 0 radical (unpaired) electrons. The lowest BCUT2D eigenvalue weighted by Crippen LogP contribution is -2.27. The molecule has 0 spiro atoms. The van der Waals surface area contributed by atoms with E-state index in [0.717, 1.165) is 5.57 Å². The lowest BCUT2D eigenvalue weighted by molar-refractivity contribution is -0.116. The summed E-state index contributed by atoms with van der Waals surface area (Å²) in [5.41, 5.74) is 6.80. The highest BCUT2D eigenvalue weighted by Crippen LogP contribution is 2.04. The van der Waals surface area contributed by atoms with Crippen molar-refractivity contribution < 1.29 is 4.79 Å². The second-order valence-electron chi connectivity index (χ2n) is 2.79. The number of allylic oxidation sites excluding steroid dienone is 3. The van der Waals surface area contributed by atoms with Crippen LogP contribution in [0.3, 0.4) is 0 Å². The van der Waals surface area contributed by atoms with E-state index in [0.29, 0.717) is 5.57 Å². The average molecular weight is 180 g/mol. The van der Waals surface area contributed by atoms with Gasteiger partial charge in [0.25, 0.3) is 5.91 Å². The molecule has 72 valence electrons. The van der Waals surface area contributed by atoms with Crippen LogP contribution in [0.4, 0.5) is 0 Å². The van der Waals surface area contributed by atoms with Gasteiger partial charge in [-0.05, 0) is 26.3 Å². The van der Waals surface area contributed by atoms with E-state index in [1.165, 1.54) is 0 Å². The lowest BCUT2D eigenvalue weighted by Gasteiger charge is -2.05. The summed E-state index contributed by atoms with van der Waals surface area (Å²) in [6.07, 6.45) is 3.75. The van der Waals surface area contributed by atoms with Gasteiger partial charge in [-0.15, -0.1) is 0 Å². The Balaban J connectivity index is 4.57. The smallest absolute Gasteiger partial charge is 0.252 e. The van der Waals surface area contributed by atoms with Gasteiger partial charge in [-0.3, -0.25) is 4.79 Å². The fourth-order valence-corrected chi connectivity index (χ4v) is 0.794. The third kappa shape index (κ3) is 4.15. The van der Waals surface area contributed by atoms with Gasteiger partial charge in [-0.1, -0.05) is 18.7 Å². The molecule has 0 aliphatic heterocycles. The van der Waals surface area contributed by atoms with Crippen LogP contribution in [0.2, 0.25) is 0 Å². The SMILES string of the molecule is C=C(N)NC(=O)/C(C)=C(C)\C=C\C. The Kier molecular flexibility index (Phi) is 4.59. The van der Waals surface area contributed by atoms with E-state index in [-0.39, 0.29) is 11.7 Å². The average Bonchev–Trinajstić information content (AvgIpc) is 2.02. The van der Waals surface area contributed by atoms with E-state index >= 15 is 0 Å². The lowest BCUT2D eigenvalue weighted by atomic mass is 10.1. The van der Waals surface area contributed by atoms with Crippen molar-refractivity contribution in [2.75, 3.05) is 0 Å². The van der Waals surface area contributed by atoms with Crippen molar-refractivity contribution in [2.24, 2.45) is 5.73 Å². The number of carbonyl (C=O) groups excluding carboxylic acids is 1. The molecule has 13 heavy (non-hydrogen) atoms. The second kappa shape index (κ2) is 5.19. The molecule has 0 aliphatic rings. The summed E-state index contributed by atoms with van der Waals surface area (Å²) >= 11 is 0. The number of rotatable bonds is 3. The minimum absolute atomic E-state index is 0.164. The second-order valence-corrected chi connectivity index (χ2v) is 2.79. The van der Waals surface area contributed by atoms with Gasteiger partial charge in [0.05, 0.1) is 5.82 Å². The largest absolute Gasteiger partial charge is 0.386 e. The molecule has 0 unspecified atom stereocenters. The van der Waals surface area contributed by atoms with Crippen molar-refractivity contribution in [3.63, 3.8) is 0 Å². The Morgan fingerprint density at radius 2 is 2.00 bits per heavy atom. The Bertz CT molecular complexity index is 275. The molecule has 0 aliphatic carbocycles. The molecular formula is C10H16N2O. The molecule has 1 amide bonds. The minimum Gasteiger partial charge on any atom is -0.386 e. The molecule has 0 aromatic heterocycles. The van der Waals surface area contributed by atoms with Gasteiger partial charge in [-0.2, -0.15) is 0 Å². The summed E-state index contributed by atoms with van der Waals surface area (Å²) in [5.74, 6) is -0.0410. The van der Waals surface area contributed by atoms with E-state index in [9.17, 15) is 4.79 Å². The summed E-state index contributed by atoms with van der Waals surface area (Å²) in [6.45, 7) is 8.90. The van der Waals surface area contributed by atoms with Crippen molar-refractivity contribution in [1.82, 2.24) is 5.32 Å². The molecule has 0 fully saturated rings. The van der Waals surface area contributed by atoms with Crippen LogP contribution in [0.15, 0.2) is 35.7 Å². The van der Waals surface area contributed by atoms with Crippen LogP contribution in [-0.4, -0.2) is 5.91 Å². The number of nitrogens with one attached hydrogen (secondary N) is 1. The fourth-order valence-electron chi connectivity index (χ4n) is 0.794. The first-order chi connectivity index (χ1) is 5.99. The van der Waals surface area contributed by atoms with Crippen LogP contribution in [0.5, 0.6) is 0 Å². The quantitative estimate of drug-likeness (QED) is 0.510. The Morgan fingerprint density at radius 1 is 1.46 bits per heavy atom. The van der Waals surface area contributed by atoms with E-state index in [1.54, 1.807) is 6.92 Å². The monoisotopic (exact) mass is 180 g/mol. The van der Waals surface area contributed by atoms with Crippen molar-refractivity contribution >= 4 is 5.91 Å². The molecule has 0 saturated carbocycles. The molecule has 3 N–H and O–H groups in total. The highest BCUT2D eigenvalue weighted by atomic mass is 16.1. The van der Waals surface area contributed by atoms with E-state index in [4.69, 9.17) is 5.73 Å². The normalized spacial score (nSPS) is 12.5. The highest BCUT2D eigenvalue weighted by molar-refractivity contribution is 5.94. The molecule has 0 atom stereocenters. The van der Waals surface area contributed by atoms with Crippen LogP contribution in [0, 0.1) is 0 Å². The molecule has 0 rings (SSSR count). The zero-order valence-corrected chi connectivity index (χ0v) is 8.35. The summed E-state index contributed by atoms with van der Waals surface area (Å²) < 4.78 is 0. The third-order valence-corrected chi connectivity index (χ3v) is 1.62. The third-order valence-electron chi connectivity index (χ3n) is 1.62. The molecule has 0 saturated heterocycles. The van der Waals surface area contributed by atoms with Crippen molar-refractivity contribution in [2.45, 2.75) is 20.8 Å². The number of hydrogen-bond donors (Lipinski definition) is 2. The van der Waals surface area contributed by atoms with E-state index in [2.05, 4.69) is 11.9 Å². The number of nitrogens with two attached hydrogens (primary N) is 1. The zero-order chi connectivity index (χ0) is 10.4. The maximum atomic E-state index is 11.3. The number of carbonyl (C=O) groups is 1. The molecule has 0 aromatic rings. The van der Waals surface area contributed by atoms with E-state index in [1.807, 2.05) is 26.0 Å². The predicted octanol–water partition coefficient (Wildman–Crippen LogP) is 1.44. The predicted molar refractivity (Wildman–Crippen MR) is 54.7 cm³/mol. The van der Waals surface area contributed by atoms with Crippen LogP contribution in [0.1, 0.15) is 20.8 Å². The zero-order valence-electron chi connectivity index (χ0n) is 8.35. The van der Waals surface area contributed by atoms with Gasteiger partial charge in [0.1, 0.15) is 0 Å². The highest BCUT2D eigenvalue weighted by Gasteiger charge is 2.05. The molecular weight excluding hydrogens is 164 g/mol. The standard InChI is InChI=1S/C10H16N2O/c1-5-6-7(2)8(3)10(13)12-9(4)11/h5-6H,4,11H2,1-3H3,(H,12,13)/b6-5+,8-7-. The molecule has 0 bridgehead atoms. The van der Waals surface area contributed by atoms with Gasteiger partial charge < -0.3 is 11.1 Å². The number of amides is 1. The van der Waals surface area contributed by atoms with Crippen LogP contribution < -0.4 is 11.1 Å². The van der Waals surface area contributed by atoms with Gasteiger partial charge in [0, 0.05) is 5.57 Å². The first kappa shape index (κ1) is 11.5. The molecule has 0 aromatic carbocycles. The fraction of sp³-hybridized carbons (Fsp3) is 0.300. The van der Waals surface area contributed by atoms with Gasteiger partial charge in [-0.25, -0.2) is 0 Å². The van der Waals surface area contributed by atoms with Crippen molar-refractivity contribution in [3.8, 4) is 0 Å². The first-order valence-corrected chi connectivity index (χ1v) is 4.05. The number of hydrogen-bond acceptors (Lipinski definition) is 2. The van der Waals surface area contributed by atoms with Gasteiger partial charge in [0.15, 0.2) is 0 Å². The van der Waals surface area contributed by atoms with Gasteiger partial charge in [0.2, 0.25) is 0 Å². The van der Waals surface area contributed by atoms with Crippen LogP contribution >= 0.6 is 0 Å². The summed E-state index contributed by atoms with van der Waals surface area (Å²) in [7, 11) is 0. The topological polar surface area (TPSA) is 55.1 Å². The summed E-state index contributed by atoms with van der Waals surface area (Å²) in [5, 5.41) is 2.43. The Labute approximate surface area is 79.0 Å². The van der Waals surface area contributed by atoms with Crippen molar-refractivity contribution in [3.05, 3.63) is 35.7 Å². The van der Waals surface area contributed by atoms with Gasteiger partial charge >= 0.3 is 0 Å². The Morgan fingerprint density at radius 3 is 2.38 bits per heavy atom. The minimum atomic E-state index is -0.205. The van der Waals surface area contributed by atoms with Crippen LogP contribution in [-0.2, 0) is 4.79 Å². The maximum absolute atomic E-state index is 11.3. The Hall–Kier alpha value is -1.51. The van der Waals surface area contributed by atoms with Crippen molar-refractivity contribution in [1.29, 1.82) is 0 Å². The molecule has 0 heterocycles. The summed E-state index contributed by atoms with van der Waals surface area (Å²) in [6, 6.07) is 0. The first-order valence-electron chi connectivity index (χ1n) is 4.05. The van der Waals surface area contributed by atoms with E-state index < -0.39 is 0 Å². The van der Waals surface area contributed by atoms with Crippen LogP contribution in [0.25, 0.3) is 0 Å². The molecule has 3 nitrogen and oxygen atoms in total.